The lowest BCUT2D eigenvalue weighted by Crippen LogP contribution is -2.53. The quantitative estimate of drug-likeness (QED) is 0.162. The Morgan fingerprint density at radius 3 is 0.919 bits per heavy atom. The van der Waals surface area contributed by atoms with E-state index in [1.54, 1.807) is 0 Å². The van der Waals surface area contributed by atoms with Gasteiger partial charge in [0.2, 0.25) is 8.38 Å². The van der Waals surface area contributed by atoms with Crippen molar-refractivity contribution in [3.05, 3.63) is 235 Å². The van der Waals surface area contributed by atoms with Crippen molar-refractivity contribution < 1.29 is 18.5 Å². The Labute approximate surface area is 362 Å². The van der Waals surface area contributed by atoms with Gasteiger partial charge in [-0.15, -0.1) is 0 Å². The highest BCUT2D eigenvalue weighted by Crippen LogP contribution is 2.65. The highest BCUT2D eigenvalue weighted by molar-refractivity contribution is 7.56. The fourth-order valence-corrected chi connectivity index (χ4v) is 11.9. The van der Waals surface area contributed by atoms with E-state index < -0.39 is 37.6 Å². The van der Waals surface area contributed by atoms with Crippen molar-refractivity contribution in [1.82, 2.24) is 0 Å². The summed E-state index contributed by atoms with van der Waals surface area (Å²) in [5.41, 5.74) is 1.39. The summed E-state index contributed by atoms with van der Waals surface area (Å²) in [4.78, 5) is 0. The zero-order chi connectivity index (χ0) is 41.5. The topological polar surface area (TPSA) is 36.9 Å². The average Bonchev–Trinajstić information content (AvgIpc) is 3.60. The molecule has 0 amide bonds. The standard InChI is InChI=1S/C57H43O4P/c1-55(2)58-53-54(59-55)57(50-30-25-40-15-5-10-20-45(40)35-50,51-31-26-41-16-6-11-21-46(41)36-51)61-62(52-32-27-42-17-7-12-22-47(42)37-52)60-56(53,48-28-23-38-13-3-8-18-43(38)33-48)49-29-24-39-14-4-9-19-44(39)34-49/h3-37,53-54H,1-2H3/t53-,54-/m1/s1. The van der Waals surface area contributed by atoms with Gasteiger partial charge in [0.15, 0.2) is 17.0 Å². The molecule has 0 radical (unpaired) electrons. The second kappa shape index (κ2) is 14.4. The molecule has 0 aliphatic carbocycles. The number of hydrogen-bond donors (Lipinski definition) is 0. The largest absolute Gasteiger partial charge is 0.341 e. The van der Waals surface area contributed by atoms with Crippen LogP contribution >= 0.6 is 8.38 Å². The van der Waals surface area contributed by atoms with Gasteiger partial charge in [-0.3, -0.25) is 0 Å². The van der Waals surface area contributed by atoms with E-state index in [1.165, 1.54) is 0 Å². The van der Waals surface area contributed by atoms with Crippen LogP contribution in [0.5, 0.6) is 0 Å². The molecule has 2 aliphatic heterocycles. The molecule has 2 saturated heterocycles. The summed E-state index contributed by atoms with van der Waals surface area (Å²) in [6.45, 7) is 4.04. The minimum absolute atomic E-state index is 0.717. The first-order valence-electron chi connectivity index (χ1n) is 21.4. The predicted molar refractivity (Wildman–Crippen MR) is 254 cm³/mol. The molecule has 2 aliphatic rings. The van der Waals surface area contributed by atoms with Crippen LogP contribution in [0.15, 0.2) is 212 Å². The van der Waals surface area contributed by atoms with E-state index in [9.17, 15) is 0 Å². The van der Waals surface area contributed by atoms with Gasteiger partial charge >= 0.3 is 0 Å². The van der Waals surface area contributed by atoms with Crippen molar-refractivity contribution in [2.75, 3.05) is 0 Å². The summed E-state index contributed by atoms with van der Waals surface area (Å²) < 4.78 is 31.2. The van der Waals surface area contributed by atoms with Crippen molar-refractivity contribution in [1.29, 1.82) is 0 Å². The summed E-state index contributed by atoms with van der Waals surface area (Å²) >= 11 is 0. The Morgan fingerprint density at radius 2 is 0.597 bits per heavy atom. The van der Waals surface area contributed by atoms with Gasteiger partial charge in [-0.2, -0.15) is 0 Å². The summed E-state index contributed by atoms with van der Waals surface area (Å²) in [5, 5.41) is 12.2. The number of hydrogen-bond acceptors (Lipinski definition) is 4. The van der Waals surface area contributed by atoms with Gasteiger partial charge in [0.25, 0.3) is 0 Å². The van der Waals surface area contributed by atoms with Crippen LogP contribution in [0, 0.1) is 0 Å². The third-order valence-electron chi connectivity index (χ3n) is 13.0. The van der Waals surface area contributed by atoms with E-state index in [0.29, 0.717) is 0 Å². The van der Waals surface area contributed by atoms with Crippen molar-refractivity contribution in [2.45, 2.75) is 43.0 Å². The number of rotatable bonds is 5. The summed E-state index contributed by atoms with van der Waals surface area (Å²) in [7, 11) is -1.93. The molecule has 4 nitrogen and oxygen atoms in total. The maximum atomic E-state index is 8.12. The van der Waals surface area contributed by atoms with Crippen LogP contribution in [0.4, 0.5) is 0 Å². The number of benzene rings is 10. The molecule has 62 heavy (non-hydrogen) atoms. The number of fused-ring (bicyclic) bond motifs is 6. The fraction of sp³-hybridized carbons (Fsp3) is 0.123. The van der Waals surface area contributed by atoms with Gasteiger partial charge in [-0.05, 0) is 126 Å². The molecule has 300 valence electrons. The zero-order valence-electron chi connectivity index (χ0n) is 34.4. The normalized spacial score (nSPS) is 19.5. The van der Waals surface area contributed by atoms with Crippen LogP contribution < -0.4 is 5.30 Å². The molecule has 0 spiro atoms. The molecule has 0 bridgehead atoms. The van der Waals surface area contributed by atoms with Crippen molar-refractivity contribution in [3.63, 3.8) is 0 Å². The van der Waals surface area contributed by atoms with Crippen LogP contribution in [0.1, 0.15) is 36.1 Å². The molecule has 5 heteroatoms. The van der Waals surface area contributed by atoms with Gasteiger partial charge in [-0.25, -0.2) is 0 Å². The molecule has 2 heterocycles. The monoisotopic (exact) mass is 822 g/mol. The van der Waals surface area contributed by atoms with Gasteiger partial charge in [0.1, 0.15) is 12.2 Å². The molecule has 0 saturated carbocycles. The Hall–Kier alpha value is -6.23. The minimum atomic E-state index is -1.93. The first kappa shape index (κ1) is 37.5. The second-order valence-electron chi connectivity index (χ2n) is 17.2. The third kappa shape index (κ3) is 6.02. The van der Waals surface area contributed by atoms with Crippen LogP contribution in [0.25, 0.3) is 53.9 Å². The lowest BCUT2D eigenvalue weighted by molar-refractivity contribution is -0.173. The van der Waals surface area contributed by atoms with Gasteiger partial charge in [0, 0.05) is 5.30 Å². The maximum absolute atomic E-state index is 8.12. The first-order valence-corrected chi connectivity index (χ1v) is 22.5. The summed E-state index contributed by atoms with van der Waals surface area (Å²) in [6.07, 6.45) is -1.43. The summed E-state index contributed by atoms with van der Waals surface area (Å²) in [5.74, 6) is -1.02. The van der Waals surface area contributed by atoms with Crippen LogP contribution in [-0.2, 0) is 29.7 Å². The minimum Gasteiger partial charge on any atom is -0.341 e. The van der Waals surface area contributed by atoms with Crippen LogP contribution in [0.2, 0.25) is 0 Å². The average molecular weight is 823 g/mol. The van der Waals surface area contributed by atoms with Crippen LogP contribution in [-0.4, -0.2) is 18.0 Å². The molecule has 10 aromatic rings. The van der Waals surface area contributed by atoms with E-state index >= 15 is 0 Å². The Bertz CT molecular complexity index is 3020. The highest BCUT2D eigenvalue weighted by Gasteiger charge is 2.67. The van der Waals surface area contributed by atoms with Crippen molar-refractivity contribution >= 4 is 67.5 Å². The Morgan fingerprint density at radius 1 is 0.323 bits per heavy atom. The number of ether oxygens (including phenoxy) is 2. The predicted octanol–water partition coefficient (Wildman–Crippen LogP) is 13.8. The molecular weight excluding hydrogens is 780 g/mol. The molecule has 0 N–H and O–H groups in total. The second-order valence-corrected chi connectivity index (χ2v) is 18.6. The first-order chi connectivity index (χ1) is 30.4. The van der Waals surface area contributed by atoms with E-state index in [-0.39, 0.29) is 0 Å². The maximum Gasteiger partial charge on any atom is 0.207 e. The zero-order valence-corrected chi connectivity index (χ0v) is 35.3. The smallest absolute Gasteiger partial charge is 0.207 e. The molecule has 0 aromatic heterocycles. The van der Waals surface area contributed by atoms with Gasteiger partial charge < -0.3 is 18.5 Å². The molecule has 0 unspecified atom stereocenters. The highest BCUT2D eigenvalue weighted by atomic mass is 31.2. The van der Waals surface area contributed by atoms with E-state index in [0.717, 1.165) is 81.4 Å². The lowest BCUT2D eigenvalue weighted by Gasteiger charge is -2.42. The molecule has 10 aromatic carbocycles. The Kier molecular flexibility index (Phi) is 8.73. The van der Waals surface area contributed by atoms with Crippen molar-refractivity contribution in [3.8, 4) is 0 Å². The molecule has 2 fully saturated rings. The van der Waals surface area contributed by atoms with Crippen molar-refractivity contribution in [2.24, 2.45) is 0 Å². The Balaban J connectivity index is 1.22. The van der Waals surface area contributed by atoms with E-state index in [1.807, 2.05) is 13.8 Å². The van der Waals surface area contributed by atoms with E-state index in [2.05, 4.69) is 212 Å². The molecule has 12 rings (SSSR count). The third-order valence-corrected chi connectivity index (χ3v) is 14.6. The summed E-state index contributed by atoms with van der Waals surface area (Å²) in [6, 6.07) is 76.0. The SMILES string of the molecule is CC1(C)O[C@@H]2[C@@H](O1)C(c1ccc3ccccc3c1)(c1ccc3ccccc3c1)OP(c1ccc3ccccc3c1)OC2(c1ccc2ccccc2c1)c1ccc2ccccc2c1. The van der Waals surface area contributed by atoms with Gasteiger partial charge in [0.05, 0.1) is 0 Å². The van der Waals surface area contributed by atoms with Crippen LogP contribution in [0.3, 0.4) is 0 Å². The molecule has 2 atom stereocenters. The fourth-order valence-electron chi connectivity index (χ4n) is 10.0. The van der Waals surface area contributed by atoms with Gasteiger partial charge in [-0.1, -0.05) is 176 Å². The van der Waals surface area contributed by atoms with E-state index in [4.69, 9.17) is 18.5 Å². The lowest BCUT2D eigenvalue weighted by atomic mass is 9.71. The molecular formula is C57H43O4P.